The average molecular weight is 377 g/mol. The number of ether oxygens (including phenoxy) is 6. The number of benzene rings is 2. The monoisotopic (exact) mass is 377 g/mol. The number of amides is 1. The summed E-state index contributed by atoms with van der Waals surface area (Å²) in [6.07, 6.45) is 0. The summed E-state index contributed by atoms with van der Waals surface area (Å²) in [6, 6.07) is 8.30. The van der Waals surface area contributed by atoms with Crippen molar-refractivity contribution in [2.24, 2.45) is 0 Å². The van der Waals surface area contributed by atoms with E-state index in [9.17, 15) is 4.79 Å². The van der Waals surface area contributed by atoms with Gasteiger partial charge in [-0.2, -0.15) is 0 Å². The molecule has 2 rings (SSSR count). The van der Waals surface area contributed by atoms with Crippen LogP contribution in [0.25, 0.3) is 0 Å². The molecule has 1 amide bonds. The van der Waals surface area contributed by atoms with E-state index in [2.05, 4.69) is 5.32 Å². The second-order valence-corrected chi connectivity index (χ2v) is 5.30. The highest BCUT2D eigenvalue weighted by atomic mass is 16.5. The van der Waals surface area contributed by atoms with Crippen molar-refractivity contribution in [2.75, 3.05) is 47.5 Å². The first kappa shape index (κ1) is 20.0. The summed E-state index contributed by atoms with van der Waals surface area (Å²) in [4.78, 5) is 12.2. The summed E-state index contributed by atoms with van der Waals surface area (Å²) in [5, 5.41) is 2.73. The lowest BCUT2D eigenvalue weighted by atomic mass is 10.2. The van der Waals surface area contributed by atoms with Crippen molar-refractivity contribution < 1.29 is 33.2 Å². The molecule has 0 heterocycles. The molecule has 0 aliphatic carbocycles. The Morgan fingerprint density at radius 3 is 1.70 bits per heavy atom. The zero-order chi connectivity index (χ0) is 19.8. The van der Waals surface area contributed by atoms with Crippen molar-refractivity contribution in [1.29, 1.82) is 0 Å². The zero-order valence-corrected chi connectivity index (χ0v) is 16.0. The second kappa shape index (κ2) is 9.42. The maximum Gasteiger partial charge on any atom is 0.262 e. The van der Waals surface area contributed by atoms with Gasteiger partial charge >= 0.3 is 0 Å². The highest BCUT2D eigenvalue weighted by Gasteiger charge is 2.15. The van der Waals surface area contributed by atoms with E-state index >= 15 is 0 Å². The van der Waals surface area contributed by atoms with Gasteiger partial charge in [-0.25, -0.2) is 0 Å². The second-order valence-electron chi connectivity index (χ2n) is 5.30. The van der Waals surface area contributed by atoms with E-state index in [-0.39, 0.29) is 12.5 Å². The Kier molecular flexibility index (Phi) is 6.99. The SMILES string of the molecule is COc1cc(OC)cc(OCC(=O)Nc2cc(OC)c(OC)c(OC)c2)c1. The molecule has 2 aromatic carbocycles. The maximum absolute atomic E-state index is 12.2. The molecule has 8 nitrogen and oxygen atoms in total. The largest absolute Gasteiger partial charge is 0.496 e. The summed E-state index contributed by atoms with van der Waals surface area (Å²) in [5.74, 6) is 2.54. The van der Waals surface area contributed by atoms with Crippen molar-refractivity contribution >= 4 is 11.6 Å². The fraction of sp³-hybridized carbons (Fsp3) is 0.316. The Balaban J connectivity index is 2.08. The first-order valence-electron chi connectivity index (χ1n) is 8.00. The molecule has 1 N–H and O–H groups in total. The number of anilines is 1. The van der Waals surface area contributed by atoms with Gasteiger partial charge < -0.3 is 33.7 Å². The van der Waals surface area contributed by atoms with E-state index < -0.39 is 0 Å². The van der Waals surface area contributed by atoms with Gasteiger partial charge in [-0.05, 0) is 0 Å². The highest BCUT2D eigenvalue weighted by molar-refractivity contribution is 5.92. The van der Waals surface area contributed by atoms with Crippen LogP contribution in [0.15, 0.2) is 30.3 Å². The lowest BCUT2D eigenvalue weighted by molar-refractivity contribution is -0.118. The normalized spacial score (nSPS) is 9.96. The van der Waals surface area contributed by atoms with E-state index in [1.807, 2.05) is 0 Å². The lowest BCUT2D eigenvalue weighted by Gasteiger charge is -2.15. The predicted octanol–water partition coefficient (Wildman–Crippen LogP) is 2.75. The predicted molar refractivity (Wildman–Crippen MR) is 99.8 cm³/mol. The molecule has 0 saturated heterocycles. The van der Waals surface area contributed by atoms with Gasteiger partial charge in [0, 0.05) is 36.0 Å². The minimum atomic E-state index is -0.356. The van der Waals surface area contributed by atoms with Crippen LogP contribution in [0, 0.1) is 0 Å². The number of hydrogen-bond acceptors (Lipinski definition) is 7. The van der Waals surface area contributed by atoms with Crippen LogP contribution in [0.2, 0.25) is 0 Å². The third-order valence-electron chi connectivity index (χ3n) is 3.64. The third-order valence-corrected chi connectivity index (χ3v) is 3.64. The lowest BCUT2D eigenvalue weighted by Crippen LogP contribution is -2.20. The molecule has 27 heavy (non-hydrogen) atoms. The molecule has 0 spiro atoms. The van der Waals surface area contributed by atoms with Crippen LogP contribution >= 0.6 is 0 Å². The van der Waals surface area contributed by atoms with Crippen LogP contribution in [-0.4, -0.2) is 48.1 Å². The number of carbonyl (C=O) groups is 1. The van der Waals surface area contributed by atoms with Crippen LogP contribution in [0.1, 0.15) is 0 Å². The zero-order valence-electron chi connectivity index (χ0n) is 16.0. The Morgan fingerprint density at radius 1 is 0.741 bits per heavy atom. The minimum absolute atomic E-state index is 0.201. The van der Waals surface area contributed by atoms with Gasteiger partial charge in [0.1, 0.15) is 17.2 Å². The van der Waals surface area contributed by atoms with Gasteiger partial charge in [0.2, 0.25) is 5.75 Å². The summed E-state index contributed by atoms with van der Waals surface area (Å²) < 4.78 is 31.7. The Labute approximate surface area is 157 Å². The van der Waals surface area contributed by atoms with Gasteiger partial charge in [0.15, 0.2) is 18.1 Å². The van der Waals surface area contributed by atoms with Crippen LogP contribution in [0.3, 0.4) is 0 Å². The fourth-order valence-electron chi connectivity index (χ4n) is 2.36. The number of hydrogen-bond donors (Lipinski definition) is 1. The van der Waals surface area contributed by atoms with Gasteiger partial charge in [0.05, 0.1) is 35.5 Å². The molecule has 0 saturated carbocycles. The number of rotatable bonds is 9. The van der Waals surface area contributed by atoms with Crippen molar-refractivity contribution in [2.45, 2.75) is 0 Å². The van der Waals surface area contributed by atoms with Crippen molar-refractivity contribution in [3.63, 3.8) is 0 Å². The molecular weight excluding hydrogens is 354 g/mol. The topological polar surface area (TPSA) is 84.5 Å². The fourth-order valence-corrected chi connectivity index (χ4v) is 2.36. The molecule has 0 radical (unpaired) electrons. The Morgan fingerprint density at radius 2 is 1.26 bits per heavy atom. The van der Waals surface area contributed by atoms with Gasteiger partial charge in [0.25, 0.3) is 5.91 Å². The molecule has 146 valence electrons. The Bertz CT molecular complexity index is 744. The summed E-state index contributed by atoms with van der Waals surface area (Å²) in [6.45, 7) is -0.201. The number of methoxy groups -OCH3 is 5. The number of nitrogens with one attached hydrogen (secondary N) is 1. The average Bonchev–Trinajstić information content (AvgIpc) is 2.70. The summed E-state index contributed by atoms with van der Waals surface area (Å²) in [5.41, 5.74) is 0.487. The molecule has 0 aromatic heterocycles. The van der Waals surface area contributed by atoms with Crippen LogP contribution < -0.4 is 33.7 Å². The summed E-state index contributed by atoms with van der Waals surface area (Å²) in [7, 11) is 7.59. The molecule has 0 fully saturated rings. The minimum Gasteiger partial charge on any atom is -0.496 e. The van der Waals surface area contributed by atoms with E-state index in [0.717, 1.165) is 0 Å². The highest BCUT2D eigenvalue weighted by Crippen LogP contribution is 2.39. The maximum atomic E-state index is 12.2. The molecule has 0 bridgehead atoms. The molecule has 0 atom stereocenters. The van der Waals surface area contributed by atoms with Crippen LogP contribution in [0.4, 0.5) is 5.69 Å². The third kappa shape index (κ3) is 5.10. The molecule has 0 aliphatic rings. The quantitative estimate of drug-likeness (QED) is 0.719. The molecular formula is C19H23NO7. The molecule has 0 aliphatic heterocycles. The molecule has 2 aromatic rings. The van der Waals surface area contributed by atoms with Crippen LogP contribution in [0.5, 0.6) is 34.5 Å². The van der Waals surface area contributed by atoms with Gasteiger partial charge in [-0.15, -0.1) is 0 Å². The van der Waals surface area contributed by atoms with E-state index in [1.54, 1.807) is 30.3 Å². The first-order valence-corrected chi connectivity index (χ1v) is 8.00. The van der Waals surface area contributed by atoms with Gasteiger partial charge in [-0.3, -0.25) is 4.79 Å². The molecule has 8 heteroatoms. The van der Waals surface area contributed by atoms with E-state index in [1.165, 1.54) is 35.5 Å². The Hall–Kier alpha value is -3.29. The molecule has 0 unspecified atom stereocenters. The van der Waals surface area contributed by atoms with Crippen molar-refractivity contribution in [1.82, 2.24) is 0 Å². The van der Waals surface area contributed by atoms with Crippen LogP contribution in [-0.2, 0) is 4.79 Å². The van der Waals surface area contributed by atoms with E-state index in [0.29, 0.717) is 40.2 Å². The van der Waals surface area contributed by atoms with E-state index in [4.69, 9.17) is 28.4 Å². The van der Waals surface area contributed by atoms with Crippen molar-refractivity contribution in [3.05, 3.63) is 30.3 Å². The number of carbonyl (C=O) groups excluding carboxylic acids is 1. The first-order chi connectivity index (χ1) is 13.0. The standard InChI is InChI=1S/C19H23NO7/c1-22-13-8-14(23-2)10-15(9-13)27-11-18(21)20-12-6-16(24-3)19(26-5)17(7-12)25-4/h6-10H,11H2,1-5H3,(H,20,21). The van der Waals surface area contributed by atoms with Crippen molar-refractivity contribution in [3.8, 4) is 34.5 Å². The smallest absolute Gasteiger partial charge is 0.262 e. The van der Waals surface area contributed by atoms with Gasteiger partial charge in [-0.1, -0.05) is 0 Å². The summed E-state index contributed by atoms with van der Waals surface area (Å²) >= 11 is 0.